The predicted molar refractivity (Wildman–Crippen MR) is 74.7 cm³/mol. The number of carbonyl (C=O) groups is 1. The first-order chi connectivity index (χ1) is 8.74. The summed E-state index contributed by atoms with van der Waals surface area (Å²) >= 11 is 3.82. The van der Waals surface area contributed by atoms with Crippen molar-refractivity contribution in [2.75, 3.05) is 0 Å². The summed E-state index contributed by atoms with van der Waals surface area (Å²) in [5.74, 6) is 0. The number of fused-ring (bicyclic) bond motifs is 2. The van der Waals surface area contributed by atoms with Gasteiger partial charge in [-0.2, -0.15) is 0 Å². The van der Waals surface area contributed by atoms with E-state index in [1.807, 2.05) is 42.5 Å². The van der Waals surface area contributed by atoms with Crippen LogP contribution in [0.15, 0.2) is 42.5 Å². The van der Waals surface area contributed by atoms with E-state index in [9.17, 15) is 4.79 Å². The van der Waals surface area contributed by atoms with Crippen molar-refractivity contribution in [2.24, 2.45) is 0 Å². The summed E-state index contributed by atoms with van der Waals surface area (Å²) in [7, 11) is 0. The van der Waals surface area contributed by atoms with Crippen LogP contribution >= 0.6 is 12.6 Å². The summed E-state index contributed by atoms with van der Waals surface area (Å²) < 4.78 is 0. The maximum Gasteiger partial charge on any atom is 0.190 e. The standard InChI is InChI=1S/C14H10N2OS/c17-13(18)8-9-4-3-7-12-14(9)16-11-6-2-1-5-10(11)15-12/h1-7H,8H2,(H,17,18). The first kappa shape index (κ1) is 11.2. The fraction of sp³-hybridized carbons (Fsp3) is 0.0714. The molecule has 0 aliphatic rings. The Bertz CT molecular complexity index is 755. The van der Waals surface area contributed by atoms with E-state index >= 15 is 0 Å². The number of benzene rings is 2. The van der Waals surface area contributed by atoms with Crippen molar-refractivity contribution in [3.8, 4) is 0 Å². The van der Waals surface area contributed by atoms with Gasteiger partial charge in [0.25, 0.3) is 0 Å². The third-order valence-corrected chi connectivity index (χ3v) is 2.95. The quantitative estimate of drug-likeness (QED) is 0.565. The van der Waals surface area contributed by atoms with Gasteiger partial charge in [-0.25, -0.2) is 9.97 Å². The summed E-state index contributed by atoms with van der Waals surface area (Å²) in [6.07, 6.45) is 0.271. The second-order valence-electron chi connectivity index (χ2n) is 4.07. The highest BCUT2D eigenvalue weighted by molar-refractivity contribution is 7.96. The number of hydrogen-bond donors (Lipinski definition) is 1. The Labute approximate surface area is 109 Å². The smallest absolute Gasteiger partial charge is 0.190 e. The zero-order chi connectivity index (χ0) is 12.5. The van der Waals surface area contributed by atoms with Gasteiger partial charge in [0.15, 0.2) is 5.12 Å². The lowest BCUT2D eigenvalue weighted by molar-refractivity contribution is -0.110. The van der Waals surface area contributed by atoms with Gasteiger partial charge in [-0.1, -0.05) is 24.3 Å². The molecular formula is C14H10N2OS. The zero-order valence-corrected chi connectivity index (χ0v) is 10.4. The summed E-state index contributed by atoms with van der Waals surface area (Å²) in [5, 5.41) is -0.169. The lowest BCUT2D eigenvalue weighted by Gasteiger charge is -2.05. The molecule has 2 aromatic carbocycles. The van der Waals surface area contributed by atoms with Gasteiger partial charge in [0.1, 0.15) is 0 Å². The van der Waals surface area contributed by atoms with E-state index < -0.39 is 0 Å². The molecule has 3 rings (SSSR count). The van der Waals surface area contributed by atoms with Crippen LogP contribution in [0.3, 0.4) is 0 Å². The number of para-hydroxylation sites is 3. The van der Waals surface area contributed by atoms with Crippen LogP contribution in [-0.4, -0.2) is 15.1 Å². The van der Waals surface area contributed by atoms with Crippen LogP contribution in [0.25, 0.3) is 22.1 Å². The van der Waals surface area contributed by atoms with Crippen LogP contribution in [-0.2, 0) is 11.2 Å². The van der Waals surface area contributed by atoms with E-state index in [1.165, 1.54) is 0 Å². The fourth-order valence-electron chi connectivity index (χ4n) is 2.01. The third kappa shape index (κ3) is 1.95. The van der Waals surface area contributed by atoms with Crippen LogP contribution < -0.4 is 0 Å². The molecule has 0 spiro atoms. The second kappa shape index (κ2) is 4.38. The molecule has 18 heavy (non-hydrogen) atoms. The number of rotatable bonds is 2. The Hall–Kier alpha value is -1.94. The van der Waals surface area contributed by atoms with Crippen LogP contribution in [0.5, 0.6) is 0 Å². The predicted octanol–water partition coefficient (Wildman–Crippen LogP) is 2.78. The number of aromatic nitrogens is 2. The van der Waals surface area contributed by atoms with Gasteiger partial charge in [-0.3, -0.25) is 4.79 Å². The molecule has 0 aliphatic heterocycles. The number of thiol groups is 1. The molecule has 0 radical (unpaired) electrons. The molecule has 0 saturated carbocycles. The molecule has 0 aliphatic carbocycles. The molecule has 1 heterocycles. The Balaban J connectivity index is 2.32. The summed E-state index contributed by atoms with van der Waals surface area (Å²) in [6.45, 7) is 0. The maximum absolute atomic E-state index is 11.1. The zero-order valence-electron chi connectivity index (χ0n) is 9.50. The highest BCUT2D eigenvalue weighted by Gasteiger charge is 2.07. The van der Waals surface area contributed by atoms with Crippen molar-refractivity contribution in [2.45, 2.75) is 6.42 Å². The molecular weight excluding hydrogens is 244 g/mol. The van der Waals surface area contributed by atoms with Gasteiger partial charge in [0.2, 0.25) is 0 Å². The van der Waals surface area contributed by atoms with E-state index in [2.05, 4.69) is 22.6 Å². The topological polar surface area (TPSA) is 42.9 Å². The Morgan fingerprint density at radius 1 is 0.944 bits per heavy atom. The number of carbonyl (C=O) groups excluding carboxylic acids is 1. The Morgan fingerprint density at radius 2 is 1.61 bits per heavy atom. The minimum absolute atomic E-state index is 0.169. The molecule has 0 bridgehead atoms. The minimum Gasteiger partial charge on any atom is -0.287 e. The molecule has 0 amide bonds. The molecule has 0 fully saturated rings. The largest absolute Gasteiger partial charge is 0.287 e. The number of hydrogen-bond acceptors (Lipinski definition) is 3. The average molecular weight is 254 g/mol. The van der Waals surface area contributed by atoms with E-state index in [0.29, 0.717) is 0 Å². The van der Waals surface area contributed by atoms with Gasteiger partial charge in [-0.05, 0) is 23.8 Å². The molecule has 0 unspecified atom stereocenters. The molecule has 4 heteroatoms. The van der Waals surface area contributed by atoms with E-state index in [-0.39, 0.29) is 11.5 Å². The van der Waals surface area contributed by atoms with Gasteiger partial charge >= 0.3 is 0 Å². The molecule has 3 nitrogen and oxygen atoms in total. The lowest BCUT2D eigenvalue weighted by Crippen LogP contribution is -1.97. The second-order valence-corrected chi connectivity index (χ2v) is 4.57. The molecule has 0 saturated heterocycles. The average Bonchev–Trinajstić information content (AvgIpc) is 2.36. The van der Waals surface area contributed by atoms with E-state index in [4.69, 9.17) is 0 Å². The molecule has 1 aromatic heterocycles. The fourth-order valence-corrected chi connectivity index (χ4v) is 2.18. The van der Waals surface area contributed by atoms with Gasteiger partial charge in [-0.15, -0.1) is 12.6 Å². The number of nitrogens with zero attached hydrogens (tertiary/aromatic N) is 2. The molecule has 0 N–H and O–H groups in total. The molecule has 0 atom stereocenters. The van der Waals surface area contributed by atoms with Crippen molar-refractivity contribution in [1.29, 1.82) is 0 Å². The monoisotopic (exact) mass is 254 g/mol. The lowest BCUT2D eigenvalue weighted by atomic mass is 10.1. The van der Waals surface area contributed by atoms with E-state index in [0.717, 1.165) is 27.6 Å². The molecule has 3 aromatic rings. The highest BCUT2D eigenvalue weighted by atomic mass is 32.1. The van der Waals surface area contributed by atoms with Crippen LogP contribution in [0.2, 0.25) is 0 Å². The van der Waals surface area contributed by atoms with Crippen LogP contribution in [0.4, 0.5) is 0 Å². The van der Waals surface area contributed by atoms with Crippen molar-refractivity contribution in [3.63, 3.8) is 0 Å². The summed E-state index contributed by atoms with van der Waals surface area (Å²) in [6, 6.07) is 13.4. The molecule has 88 valence electrons. The van der Waals surface area contributed by atoms with Gasteiger partial charge in [0.05, 0.1) is 22.1 Å². The summed E-state index contributed by atoms with van der Waals surface area (Å²) in [4.78, 5) is 20.3. The first-order valence-corrected chi connectivity index (χ1v) is 6.05. The van der Waals surface area contributed by atoms with Gasteiger partial charge in [0, 0.05) is 6.42 Å². The first-order valence-electron chi connectivity index (χ1n) is 5.60. The summed E-state index contributed by atoms with van der Waals surface area (Å²) in [5.41, 5.74) is 4.15. The van der Waals surface area contributed by atoms with Crippen molar-refractivity contribution >= 4 is 39.8 Å². The maximum atomic E-state index is 11.1. The highest BCUT2D eigenvalue weighted by Crippen LogP contribution is 2.20. The van der Waals surface area contributed by atoms with Crippen LogP contribution in [0, 0.1) is 0 Å². The van der Waals surface area contributed by atoms with Crippen molar-refractivity contribution in [1.82, 2.24) is 9.97 Å². The third-order valence-electron chi connectivity index (χ3n) is 2.79. The minimum atomic E-state index is -0.169. The van der Waals surface area contributed by atoms with Crippen molar-refractivity contribution < 1.29 is 4.79 Å². The Morgan fingerprint density at radius 3 is 2.33 bits per heavy atom. The van der Waals surface area contributed by atoms with E-state index in [1.54, 1.807) is 0 Å². The van der Waals surface area contributed by atoms with Gasteiger partial charge < -0.3 is 0 Å². The van der Waals surface area contributed by atoms with Crippen molar-refractivity contribution in [3.05, 3.63) is 48.0 Å². The normalized spacial score (nSPS) is 10.9. The van der Waals surface area contributed by atoms with Crippen LogP contribution in [0.1, 0.15) is 5.56 Å². The SMILES string of the molecule is O=C(S)Cc1cccc2nc3ccccc3nc12. The Kier molecular flexibility index (Phi) is 2.72.